The van der Waals surface area contributed by atoms with Crippen LogP contribution in [0.2, 0.25) is 0 Å². The van der Waals surface area contributed by atoms with E-state index in [1.807, 2.05) is 11.3 Å². The van der Waals surface area contributed by atoms with Crippen LogP contribution in [-0.4, -0.2) is 18.6 Å². The van der Waals surface area contributed by atoms with E-state index >= 15 is 0 Å². The van der Waals surface area contributed by atoms with Crippen LogP contribution in [-0.2, 0) is 6.54 Å². The smallest absolute Gasteiger partial charge is 0.0327 e. The molecule has 1 saturated heterocycles. The highest BCUT2D eigenvalue weighted by Crippen LogP contribution is 2.31. The van der Waals surface area contributed by atoms with E-state index in [2.05, 4.69) is 38.0 Å². The van der Waals surface area contributed by atoms with Gasteiger partial charge in [0.05, 0.1) is 0 Å². The monoisotopic (exact) mass is 356 g/mol. The number of hydrogen-bond acceptors (Lipinski definition) is 3. The van der Waals surface area contributed by atoms with Crippen molar-refractivity contribution in [3.05, 3.63) is 20.8 Å². The lowest BCUT2D eigenvalue weighted by Crippen LogP contribution is -2.50. The third-order valence-electron chi connectivity index (χ3n) is 4.90. The van der Waals surface area contributed by atoms with Crippen molar-refractivity contribution in [2.45, 2.75) is 63.6 Å². The number of rotatable bonds is 4. The van der Waals surface area contributed by atoms with Gasteiger partial charge in [-0.15, -0.1) is 11.3 Å². The molecule has 2 nitrogen and oxygen atoms in total. The molecule has 3 rings (SSSR count). The Kier molecular flexibility index (Phi) is 5.55. The molecular formula is C16H25BrN2S. The van der Waals surface area contributed by atoms with Crippen molar-refractivity contribution in [2.75, 3.05) is 6.54 Å². The van der Waals surface area contributed by atoms with E-state index in [9.17, 15) is 0 Å². The van der Waals surface area contributed by atoms with Crippen LogP contribution in [0.3, 0.4) is 0 Å². The first kappa shape index (κ1) is 15.0. The van der Waals surface area contributed by atoms with Crippen molar-refractivity contribution >= 4 is 27.3 Å². The Morgan fingerprint density at radius 2 is 2.05 bits per heavy atom. The van der Waals surface area contributed by atoms with Crippen LogP contribution >= 0.6 is 27.3 Å². The summed E-state index contributed by atoms with van der Waals surface area (Å²) < 4.78 is 1.26. The Morgan fingerprint density at radius 3 is 2.80 bits per heavy atom. The topological polar surface area (TPSA) is 24.1 Å². The third-order valence-corrected chi connectivity index (χ3v) is 6.83. The van der Waals surface area contributed by atoms with Gasteiger partial charge in [-0.25, -0.2) is 0 Å². The van der Waals surface area contributed by atoms with E-state index in [4.69, 9.17) is 0 Å². The second-order valence-electron chi connectivity index (χ2n) is 6.18. The van der Waals surface area contributed by atoms with Crippen LogP contribution in [0.25, 0.3) is 0 Å². The molecule has 20 heavy (non-hydrogen) atoms. The Bertz CT molecular complexity index is 414. The van der Waals surface area contributed by atoms with Crippen LogP contribution in [0.15, 0.2) is 15.9 Å². The molecule has 2 N–H and O–H groups in total. The number of halogens is 1. The van der Waals surface area contributed by atoms with E-state index in [0.717, 1.165) is 18.5 Å². The van der Waals surface area contributed by atoms with Gasteiger partial charge in [0.15, 0.2) is 0 Å². The predicted molar refractivity (Wildman–Crippen MR) is 90.2 cm³/mol. The van der Waals surface area contributed by atoms with Gasteiger partial charge >= 0.3 is 0 Å². The first-order chi connectivity index (χ1) is 9.84. The average Bonchev–Trinajstić information content (AvgIpc) is 2.92. The fourth-order valence-electron chi connectivity index (χ4n) is 3.81. The van der Waals surface area contributed by atoms with Gasteiger partial charge in [-0.05, 0) is 65.5 Å². The van der Waals surface area contributed by atoms with Crippen LogP contribution < -0.4 is 10.6 Å². The first-order valence-corrected chi connectivity index (χ1v) is 9.70. The molecule has 0 amide bonds. The minimum Gasteiger partial charge on any atom is -0.314 e. The van der Waals surface area contributed by atoms with Crippen molar-refractivity contribution in [3.63, 3.8) is 0 Å². The molecule has 2 heterocycles. The first-order valence-electron chi connectivity index (χ1n) is 8.03. The van der Waals surface area contributed by atoms with Crippen molar-refractivity contribution in [2.24, 2.45) is 5.92 Å². The SMILES string of the molecule is Brc1ccsc1CNC1CCCCC1C1CCCCN1. The van der Waals surface area contributed by atoms with E-state index < -0.39 is 0 Å². The maximum atomic E-state index is 3.85. The average molecular weight is 357 g/mol. The largest absolute Gasteiger partial charge is 0.314 e. The molecule has 0 spiro atoms. The van der Waals surface area contributed by atoms with Crippen LogP contribution in [0, 0.1) is 5.92 Å². The summed E-state index contributed by atoms with van der Waals surface area (Å²) in [6, 6.07) is 3.62. The maximum Gasteiger partial charge on any atom is 0.0327 e. The molecule has 4 heteroatoms. The molecule has 0 aromatic carbocycles. The molecular weight excluding hydrogens is 332 g/mol. The van der Waals surface area contributed by atoms with E-state index in [-0.39, 0.29) is 0 Å². The Morgan fingerprint density at radius 1 is 1.20 bits per heavy atom. The zero-order valence-electron chi connectivity index (χ0n) is 12.0. The summed E-state index contributed by atoms with van der Waals surface area (Å²) in [4.78, 5) is 1.44. The van der Waals surface area contributed by atoms with Gasteiger partial charge in [-0.3, -0.25) is 0 Å². The van der Waals surface area contributed by atoms with Gasteiger partial charge in [0.1, 0.15) is 0 Å². The molecule has 1 saturated carbocycles. The molecule has 0 bridgehead atoms. The molecule has 112 valence electrons. The minimum absolute atomic E-state index is 0.702. The Balaban J connectivity index is 1.58. The molecule has 1 aromatic heterocycles. The standard InChI is InChI=1S/C16H25BrN2S/c17-13-8-10-20-16(13)11-19-15-6-2-1-5-12(15)14-7-3-4-9-18-14/h8,10,12,14-15,18-19H,1-7,9,11H2. The van der Waals surface area contributed by atoms with Gasteiger partial charge < -0.3 is 10.6 Å². The summed E-state index contributed by atoms with van der Waals surface area (Å²) in [5, 5.41) is 9.80. The summed E-state index contributed by atoms with van der Waals surface area (Å²) in [5.74, 6) is 0.836. The molecule has 3 unspecified atom stereocenters. The Hall–Kier alpha value is 0.1000. The number of nitrogens with one attached hydrogen (secondary N) is 2. The molecule has 1 aliphatic carbocycles. The highest BCUT2D eigenvalue weighted by molar-refractivity contribution is 9.10. The van der Waals surface area contributed by atoms with Crippen molar-refractivity contribution in [1.82, 2.24) is 10.6 Å². The maximum absolute atomic E-state index is 3.85. The second kappa shape index (κ2) is 7.39. The zero-order valence-corrected chi connectivity index (χ0v) is 14.4. The third kappa shape index (κ3) is 3.65. The highest BCUT2D eigenvalue weighted by Gasteiger charge is 2.32. The molecule has 2 fully saturated rings. The van der Waals surface area contributed by atoms with Crippen LogP contribution in [0.5, 0.6) is 0 Å². The molecule has 1 aromatic rings. The minimum atomic E-state index is 0.702. The lowest BCUT2D eigenvalue weighted by atomic mass is 9.77. The fourth-order valence-corrected chi connectivity index (χ4v) is 5.26. The lowest BCUT2D eigenvalue weighted by molar-refractivity contribution is 0.181. The summed E-state index contributed by atoms with van der Waals surface area (Å²) in [7, 11) is 0. The van der Waals surface area contributed by atoms with Crippen molar-refractivity contribution < 1.29 is 0 Å². The summed E-state index contributed by atoms with van der Waals surface area (Å²) in [6.45, 7) is 2.25. The van der Waals surface area contributed by atoms with E-state index in [1.54, 1.807) is 0 Å². The van der Waals surface area contributed by atoms with Gasteiger partial charge in [0.25, 0.3) is 0 Å². The molecule has 1 aliphatic heterocycles. The normalized spacial score (nSPS) is 31.4. The number of piperidine rings is 1. The van der Waals surface area contributed by atoms with E-state index in [0.29, 0.717) is 6.04 Å². The predicted octanol–water partition coefficient (Wildman–Crippen LogP) is 4.30. The molecule has 0 radical (unpaired) electrons. The van der Waals surface area contributed by atoms with Crippen LogP contribution in [0.1, 0.15) is 49.8 Å². The molecule has 3 atom stereocenters. The zero-order chi connectivity index (χ0) is 13.8. The fraction of sp³-hybridized carbons (Fsp3) is 0.750. The number of hydrogen-bond donors (Lipinski definition) is 2. The second-order valence-corrected chi connectivity index (χ2v) is 8.04. The summed E-state index contributed by atoms with van der Waals surface area (Å²) in [5.41, 5.74) is 0. The lowest BCUT2D eigenvalue weighted by Gasteiger charge is -2.40. The van der Waals surface area contributed by atoms with Crippen molar-refractivity contribution in [3.8, 4) is 0 Å². The number of thiophene rings is 1. The van der Waals surface area contributed by atoms with Gasteiger partial charge in [-0.2, -0.15) is 0 Å². The van der Waals surface area contributed by atoms with Gasteiger partial charge in [-0.1, -0.05) is 19.3 Å². The molecule has 2 aliphatic rings. The summed E-state index contributed by atoms with van der Waals surface area (Å²) in [6.07, 6.45) is 9.73. The Labute approximate surface area is 134 Å². The van der Waals surface area contributed by atoms with Crippen LogP contribution in [0.4, 0.5) is 0 Å². The highest BCUT2D eigenvalue weighted by atomic mass is 79.9. The van der Waals surface area contributed by atoms with Gasteiger partial charge in [0.2, 0.25) is 0 Å². The van der Waals surface area contributed by atoms with Gasteiger partial charge in [0, 0.05) is 28.0 Å². The quantitative estimate of drug-likeness (QED) is 0.840. The van der Waals surface area contributed by atoms with E-state index in [1.165, 1.54) is 60.8 Å². The van der Waals surface area contributed by atoms with Crippen molar-refractivity contribution in [1.29, 1.82) is 0 Å². The summed E-state index contributed by atoms with van der Waals surface area (Å²) >= 11 is 5.49.